The summed E-state index contributed by atoms with van der Waals surface area (Å²) < 4.78 is 34.4. The molecule has 2 aliphatic rings. The van der Waals surface area contributed by atoms with Crippen LogP contribution >= 0.6 is 0 Å². The van der Waals surface area contributed by atoms with Gasteiger partial charge >= 0.3 is 0 Å². The molecule has 0 saturated carbocycles. The maximum Gasteiger partial charge on any atom is 0.245 e. The van der Waals surface area contributed by atoms with E-state index >= 15 is 0 Å². The van der Waals surface area contributed by atoms with Crippen molar-refractivity contribution >= 4 is 21.4 Å². The molecule has 0 aliphatic carbocycles. The van der Waals surface area contributed by atoms with Crippen LogP contribution in [-0.4, -0.2) is 58.2 Å². The van der Waals surface area contributed by atoms with Crippen molar-refractivity contribution in [3.05, 3.63) is 24.3 Å². The van der Waals surface area contributed by atoms with E-state index in [1.165, 1.54) is 0 Å². The highest BCUT2D eigenvalue weighted by Gasteiger charge is 2.48. The SMILES string of the molecule is CS(=O)(=O)C1(C(=O)Nc2ccc(OCC3CCOCC3)cc2)CCNCC1. The average molecular weight is 397 g/mol. The van der Waals surface area contributed by atoms with Crippen molar-refractivity contribution in [1.82, 2.24) is 5.32 Å². The Morgan fingerprint density at radius 1 is 1.22 bits per heavy atom. The lowest BCUT2D eigenvalue weighted by atomic mass is 9.95. The van der Waals surface area contributed by atoms with Crippen molar-refractivity contribution in [2.75, 3.05) is 44.5 Å². The molecule has 8 heteroatoms. The maximum atomic E-state index is 12.8. The van der Waals surface area contributed by atoms with Crippen LogP contribution in [-0.2, 0) is 19.4 Å². The highest BCUT2D eigenvalue weighted by atomic mass is 32.2. The molecule has 0 aromatic heterocycles. The van der Waals surface area contributed by atoms with Crippen LogP contribution in [0.3, 0.4) is 0 Å². The number of hydrogen-bond donors (Lipinski definition) is 2. The number of carbonyl (C=O) groups excluding carboxylic acids is 1. The van der Waals surface area contributed by atoms with Gasteiger partial charge in [0.25, 0.3) is 0 Å². The van der Waals surface area contributed by atoms with E-state index in [1.54, 1.807) is 24.3 Å². The summed E-state index contributed by atoms with van der Waals surface area (Å²) in [7, 11) is -3.52. The van der Waals surface area contributed by atoms with Gasteiger partial charge in [-0.1, -0.05) is 0 Å². The van der Waals surface area contributed by atoms with Crippen LogP contribution in [0.4, 0.5) is 5.69 Å². The Kier molecular flexibility index (Phi) is 6.39. The van der Waals surface area contributed by atoms with E-state index in [0.717, 1.165) is 38.1 Å². The van der Waals surface area contributed by atoms with Crippen LogP contribution in [0.1, 0.15) is 25.7 Å². The van der Waals surface area contributed by atoms with Crippen LogP contribution in [0.25, 0.3) is 0 Å². The van der Waals surface area contributed by atoms with Gasteiger partial charge in [0.2, 0.25) is 5.91 Å². The lowest BCUT2D eigenvalue weighted by Crippen LogP contribution is -2.55. The number of sulfone groups is 1. The fraction of sp³-hybridized carbons (Fsp3) is 0.632. The molecule has 1 aromatic carbocycles. The number of anilines is 1. The van der Waals surface area contributed by atoms with Gasteiger partial charge < -0.3 is 20.1 Å². The molecule has 2 aliphatic heterocycles. The normalized spacial score (nSPS) is 20.8. The molecule has 2 heterocycles. The minimum absolute atomic E-state index is 0.282. The van der Waals surface area contributed by atoms with Gasteiger partial charge in [-0.15, -0.1) is 0 Å². The molecule has 2 fully saturated rings. The molecule has 1 aromatic rings. The molecule has 27 heavy (non-hydrogen) atoms. The number of rotatable bonds is 6. The van der Waals surface area contributed by atoms with Crippen molar-refractivity contribution < 1.29 is 22.7 Å². The Hall–Kier alpha value is -1.64. The number of carbonyl (C=O) groups is 1. The molecule has 7 nitrogen and oxygen atoms in total. The first-order chi connectivity index (χ1) is 12.9. The van der Waals surface area contributed by atoms with Crippen LogP contribution in [0.5, 0.6) is 5.75 Å². The third kappa shape index (κ3) is 4.80. The summed E-state index contributed by atoms with van der Waals surface area (Å²) in [6.07, 6.45) is 3.73. The van der Waals surface area contributed by atoms with Crippen LogP contribution < -0.4 is 15.4 Å². The molecule has 150 valence electrons. The summed E-state index contributed by atoms with van der Waals surface area (Å²) >= 11 is 0. The number of piperidine rings is 1. The molecule has 0 radical (unpaired) electrons. The predicted molar refractivity (Wildman–Crippen MR) is 104 cm³/mol. The van der Waals surface area contributed by atoms with Crippen LogP contribution in [0.15, 0.2) is 24.3 Å². The predicted octanol–water partition coefficient (Wildman–Crippen LogP) is 1.60. The molecule has 2 saturated heterocycles. The van der Waals surface area contributed by atoms with E-state index in [9.17, 15) is 13.2 Å². The summed E-state index contributed by atoms with van der Waals surface area (Å²) in [5.41, 5.74) is 0.569. The zero-order chi connectivity index (χ0) is 19.3. The zero-order valence-corrected chi connectivity index (χ0v) is 16.5. The summed E-state index contributed by atoms with van der Waals surface area (Å²) in [4.78, 5) is 12.8. The van der Waals surface area contributed by atoms with Gasteiger partial charge in [0.05, 0.1) is 6.61 Å². The minimum Gasteiger partial charge on any atom is -0.493 e. The Bertz CT molecular complexity index is 736. The summed E-state index contributed by atoms with van der Waals surface area (Å²) in [6, 6.07) is 7.08. The van der Waals surface area contributed by atoms with Gasteiger partial charge in [0.15, 0.2) is 14.6 Å². The van der Waals surface area contributed by atoms with Crippen molar-refractivity contribution in [3.63, 3.8) is 0 Å². The Morgan fingerprint density at radius 2 is 1.85 bits per heavy atom. The average Bonchev–Trinajstić information content (AvgIpc) is 2.68. The van der Waals surface area contributed by atoms with E-state index in [4.69, 9.17) is 9.47 Å². The molecule has 0 unspecified atom stereocenters. The first-order valence-electron chi connectivity index (χ1n) is 9.43. The van der Waals surface area contributed by atoms with Gasteiger partial charge in [0.1, 0.15) is 5.75 Å². The lowest BCUT2D eigenvalue weighted by Gasteiger charge is -2.34. The topological polar surface area (TPSA) is 93.7 Å². The number of amides is 1. The van der Waals surface area contributed by atoms with Gasteiger partial charge in [-0.2, -0.15) is 0 Å². The first kappa shape index (κ1) is 20.1. The zero-order valence-electron chi connectivity index (χ0n) is 15.7. The Labute approximate surface area is 160 Å². The molecular formula is C19H28N2O5S. The second kappa shape index (κ2) is 8.58. The molecule has 0 bridgehead atoms. The highest BCUT2D eigenvalue weighted by Crippen LogP contribution is 2.30. The maximum absolute atomic E-state index is 12.8. The lowest BCUT2D eigenvalue weighted by molar-refractivity contribution is -0.119. The van der Waals surface area contributed by atoms with E-state index in [-0.39, 0.29) is 12.8 Å². The van der Waals surface area contributed by atoms with Gasteiger partial charge in [-0.25, -0.2) is 8.42 Å². The minimum atomic E-state index is -3.52. The van der Waals surface area contributed by atoms with Crippen molar-refractivity contribution in [1.29, 1.82) is 0 Å². The van der Waals surface area contributed by atoms with Crippen molar-refractivity contribution in [3.8, 4) is 5.75 Å². The third-order valence-electron chi connectivity index (χ3n) is 5.47. The highest BCUT2D eigenvalue weighted by molar-refractivity contribution is 7.92. The summed E-state index contributed by atoms with van der Waals surface area (Å²) in [6.45, 7) is 3.26. The second-order valence-electron chi connectivity index (χ2n) is 7.36. The summed E-state index contributed by atoms with van der Waals surface area (Å²) in [5.74, 6) is 0.786. The molecular weight excluding hydrogens is 368 g/mol. The molecule has 2 N–H and O–H groups in total. The van der Waals surface area contributed by atoms with Crippen molar-refractivity contribution in [2.24, 2.45) is 5.92 Å². The molecule has 0 atom stereocenters. The van der Waals surface area contributed by atoms with E-state index < -0.39 is 20.5 Å². The second-order valence-corrected chi connectivity index (χ2v) is 9.69. The van der Waals surface area contributed by atoms with E-state index in [0.29, 0.717) is 31.3 Å². The van der Waals surface area contributed by atoms with Gasteiger partial charge in [0, 0.05) is 25.2 Å². The Morgan fingerprint density at radius 3 is 2.44 bits per heavy atom. The fourth-order valence-electron chi connectivity index (χ4n) is 3.60. The molecule has 0 spiro atoms. The van der Waals surface area contributed by atoms with Crippen molar-refractivity contribution in [2.45, 2.75) is 30.4 Å². The summed E-state index contributed by atoms with van der Waals surface area (Å²) in [5, 5.41) is 5.88. The number of nitrogens with one attached hydrogen (secondary N) is 2. The van der Waals surface area contributed by atoms with E-state index in [1.807, 2.05) is 0 Å². The Balaban J connectivity index is 1.60. The van der Waals surface area contributed by atoms with Gasteiger partial charge in [-0.05, 0) is 69.0 Å². The number of hydrogen-bond acceptors (Lipinski definition) is 6. The fourth-order valence-corrected chi connectivity index (χ4v) is 4.94. The molecule has 3 rings (SSSR count). The number of ether oxygens (including phenoxy) is 2. The smallest absolute Gasteiger partial charge is 0.245 e. The quantitative estimate of drug-likeness (QED) is 0.759. The standard InChI is InChI=1S/C19H28N2O5S/c1-27(23,24)19(8-10-20-11-9-19)18(22)21-16-2-4-17(5-3-16)26-14-15-6-12-25-13-7-15/h2-5,15,20H,6-14H2,1H3,(H,21,22). The van der Waals surface area contributed by atoms with Gasteiger partial charge in [-0.3, -0.25) is 4.79 Å². The first-order valence-corrected chi connectivity index (χ1v) is 11.3. The van der Waals surface area contributed by atoms with Crippen LogP contribution in [0, 0.1) is 5.92 Å². The van der Waals surface area contributed by atoms with E-state index in [2.05, 4.69) is 10.6 Å². The number of benzene rings is 1. The van der Waals surface area contributed by atoms with Crippen LogP contribution in [0.2, 0.25) is 0 Å². The largest absolute Gasteiger partial charge is 0.493 e. The monoisotopic (exact) mass is 396 g/mol. The third-order valence-corrected chi connectivity index (χ3v) is 7.49. The molecule has 1 amide bonds.